The Hall–Kier alpha value is -1.33. The third kappa shape index (κ3) is 5.44. The van der Waals surface area contributed by atoms with E-state index in [-0.39, 0.29) is 12.6 Å². The van der Waals surface area contributed by atoms with Gasteiger partial charge in [0.2, 0.25) is 0 Å². The highest BCUT2D eigenvalue weighted by molar-refractivity contribution is 6.29. The molecule has 0 aliphatic rings. The lowest BCUT2D eigenvalue weighted by atomic mass is 10.1. The molecule has 1 aromatic rings. The van der Waals surface area contributed by atoms with E-state index in [9.17, 15) is 4.79 Å². The van der Waals surface area contributed by atoms with Crippen LogP contribution in [0.3, 0.4) is 0 Å². The van der Waals surface area contributed by atoms with Crippen molar-refractivity contribution in [1.29, 1.82) is 0 Å². The van der Waals surface area contributed by atoms with Crippen molar-refractivity contribution >= 4 is 17.7 Å². The van der Waals surface area contributed by atoms with E-state index in [0.717, 1.165) is 11.3 Å². The average Bonchev–Trinajstić information content (AvgIpc) is 2.21. The molecular weight excluding hydrogens is 266 g/mol. The number of carbonyl (C=O) groups is 1. The summed E-state index contributed by atoms with van der Waals surface area (Å²) in [6.07, 6.45) is -0.506. The van der Waals surface area contributed by atoms with Crippen LogP contribution in [0, 0.1) is 6.92 Å². The van der Waals surface area contributed by atoms with Crippen LogP contribution in [0.25, 0.3) is 0 Å². The van der Waals surface area contributed by atoms with E-state index < -0.39 is 11.7 Å². The number of carbonyl (C=O) groups excluding carboxylic acids is 1. The van der Waals surface area contributed by atoms with Gasteiger partial charge in [0.15, 0.2) is 0 Å². The first-order valence-corrected chi connectivity index (χ1v) is 6.43. The van der Waals surface area contributed by atoms with Crippen molar-refractivity contribution in [1.82, 2.24) is 10.3 Å². The Morgan fingerprint density at radius 3 is 2.63 bits per heavy atom. The summed E-state index contributed by atoms with van der Waals surface area (Å²) in [5.41, 5.74) is 6.72. The average molecular weight is 286 g/mol. The van der Waals surface area contributed by atoms with Crippen molar-refractivity contribution in [3.05, 3.63) is 28.5 Å². The second-order valence-corrected chi connectivity index (χ2v) is 5.69. The summed E-state index contributed by atoms with van der Waals surface area (Å²) in [5.74, 6) is 0. The molecule has 1 rings (SSSR count). The van der Waals surface area contributed by atoms with Gasteiger partial charge in [-0.05, 0) is 45.4 Å². The van der Waals surface area contributed by atoms with Gasteiger partial charge in [-0.15, -0.1) is 0 Å². The minimum Gasteiger partial charge on any atom is -0.444 e. The molecule has 0 aromatic carbocycles. The van der Waals surface area contributed by atoms with Gasteiger partial charge in [0.05, 0.1) is 6.04 Å². The molecule has 0 saturated heterocycles. The number of ether oxygens (including phenoxy) is 1. The third-order valence-electron chi connectivity index (χ3n) is 2.27. The number of hydrogen-bond acceptors (Lipinski definition) is 4. The number of aryl methyl sites for hydroxylation is 1. The summed E-state index contributed by atoms with van der Waals surface area (Å²) in [7, 11) is 0. The Bertz CT molecular complexity index is 437. The molecule has 0 bridgehead atoms. The number of aromatic nitrogens is 1. The van der Waals surface area contributed by atoms with Crippen molar-refractivity contribution in [3.63, 3.8) is 0 Å². The van der Waals surface area contributed by atoms with Crippen molar-refractivity contribution in [2.75, 3.05) is 6.54 Å². The van der Waals surface area contributed by atoms with Crippen LogP contribution < -0.4 is 11.1 Å². The fourth-order valence-electron chi connectivity index (χ4n) is 1.58. The first-order valence-electron chi connectivity index (χ1n) is 6.05. The Morgan fingerprint density at radius 1 is 1.53 bits per heavy atom. The molecule has 6 heteroatoms. The minimum atomic E-state index is -0.547. The summed E-state index contributed by atoms with van der Waals surface area (Å²) in [4.78, 5) is 15.8. The Kier molecular flexibility index (Phi) is 5.14. The van der Waals surface area contributed by atoms with Crippen LogP contribution in [-0.2, 0) is 4.74 Å². The number of rotatable bonds is 3. The van der Waals surface area contributed by atoms with Crippen LogP contribution in [0.4, 0.5) is 4.79 Å². The highest BCUT2D eigenvalue weighted by Crippen LogP contribution is 2.18. The Morgan fingerprint density at radius 2 is 2.16 bits per heavy atom. The van der Waals surface area contributed by atoms with Gasteiger partial charge in [0.25, 0.3) is 0 Å². The molecule has 106 valence electrons. The van der Waals surface area contributed by atoms with Gasteiger partial charge >= 0.3 is 6.09 Å². The molecule has 1 unspecified atom stereocenters. The maximum atomic E-state index is 11.7. The molecular formula is C13H20ClN3O2. The van der Waals surface area contributed by atoms with Crippen molar-refractivity contribution in [2.45, 2.75) is 39.3 Å². The number of hydrogen-bond donors (Lipinski definition) is 2. The number of amides is 1. The number of pyridine rings is 1. The fraction of sp³-hybridized carbons (Fsp3) is 0.538. The van der Waals surface area contributed by atoms with E-state index in [1.165, 1.54) is 0 Å². The molecule has 0 fully saturated rings. The summed E-state index contributed by atoms with van der Waals surface area (Å²) >= 11 is 5.90. The van der Waals surface area contributed by atoms with Crippen molar-refractivity contribution in [3.8, 4) is 0 Å². The molecule has 0 aliphatic carbocycles. The quantitative estimate of drug-likeness (QED) is 0.837. The molecule has 5 nitrogen and oxygen atoms in total. The second kappa shape index (κ2) is 6.21. The van der Waals surface area contributed by atoms with Crippen LogP contribution >= 0.6 is 11.6 Å². The molecule has 0 spiro atoms. The van der Waals surface area contributed by atoms with Crippen LogP contribution in [-0.4, -0.2) is 23.2 Å². The smallest absolute Gasteiger partial charge is 0.408 e. The molecule has 1 aromatic heterocycles. The fourth-order valence-corrected chi connectivity index (χ4v) is 1.84. The van der Waals surface area contributed by atoms with Gasteiger partial charge in [-0.25, -0.2) is 9.78 Å². The molecule has 0 saturated carbocycles. The Labute approximate surface area is 118 Å². The highest BCUT2D eigenvalue weighted by Gasteiger charge is 2.20. The zero-order valence-corrected chi connectivity index (χ0v) is 12.4. The SMILES string of the molecule is Cc1cc(C(CN)NC(=O)OC(C)(C)C)cc(Cl)n1. The van der Waals surface area contributed by atoms with Crippen LogP contribution in [0.1, 0.15) is 38.1 Å². The normalized spacial score (nSPS) is 12.9. The number of nitrogens with two attached hydrogens (primary N) is 1. The van der Waals surface area contributed by atoms with Crippen LogP contribution in [0.5, 0.6) is 0 Å². The Balaban J connectivity index is 2.81. The van der Waals surface area contributed by atoms with Crippen LogP contribution in [0.15, 0.2) is 12.1 Å². The number of nitrogens with zero attached hydrogens (tertiary/aromatic N) is 1. The van der Waals surface area contributed by atoms with Gasteiger partial charge in [-0.2, -0.15) is 0 Å². The van der Waals surface area contributed by atoms with E-state index in [4.69, 9.17) is 22.1 Å². The predicted molar refractivity (Wildman–Crippen MR) is 75.1 cm³/mol. The number of nitrogens with one attached hydrogen (secondary N) is 1. The molecule has 0 aliphatic heterocycles. The zero-order chi connectivity index (χ0) is 14.6. The number of halogens is 1. The minimum absolute atomic E-state index is 0.249. The predicted octanol–water partition coefficient (Wildman–Crippen LogP) is 2.57. The zero-order valence-electron chi connectivity index (χ0n) is 11.7. The third-order valence-corrected chi connectivity index (χ3v) is 2.47. The van der Waals surface area contributed by atoms with E-state index in [0.29, 0.717) is 5.15 Å². The molecule has 1 amide bonds. The highest BCUT2D eigenvalue weighted by atomic mass is 35.5. The van der Waals surface area contributed by atoms with E-state index in [2.05, 4.69) is 10.3 Å². The van der Waals surface area contributed by atoms with E-state index in [1.54, 1.807) is 26.8 Å². The van der Waals surface area contributed by atoms with Gasteiger partial charge in [-0.1, -0.05) is 11.6 Å². The maximum Gasteiger partial charge on any atom is 0.408 e. The number of alkyl carbamates (subject to hydrolysis) is 1. The first kappa shape index (κ1) is 15.7. The standard InChI is InChI=1S/C13H20ClN3O2/c1-8-5-9(6-11(14)16-8)10(7-15)17-12(18)19-13(2,3)4/h5-6,10H,7,15H2,1-4H3,(H,17,18). The lowest BCUT2D eigenvalue weighted by Gasteiger charge is -2.23. The van der Waals surface area contributed by atoms with Gasteiger partial charge in [-0.3, -0.25) is 0 Å². The first-order chi connectivity index (χ1) is 8.71. The lowest BCUT2D eigenvalue weighted by molar-refractivity contribution is 0.0505. The van der Waals surface area contributed by atoms with Crippen LogP contribution in [0.2, 0.25) is 5.15 Å². The summed E-state index contributed by atoms with van der Waals surface area (Å²) < 4.78 is 5.20. The van der Waals surface area contributed by atoms with E-state index in [1.807, 2.05) is 13.0 Å². The van der Waals surface area contributed by atoms with Crippen molar-refractivity contribution in [2.24, 2.45) is 5.73 Å². The molecule has 1 atom stereocenters. The summed E-state index contributed by atoms with van der Waals surface area (Å²) in [6.45, 7) is 7.49. The molecule has 1 heterocycles. The van der Waals surface area contributed by atoms with E-state index >= 15 is 0 Å². The summed E-state index contributed by atoms with van der Waals surface area (Å²) in [6, 6.07) is 3.17. The van der Waals surface area contributed by atoms with Gasteiger partial charge < -0.3 is 15.8 Å². The lowest BCUT2D eigenvalue weighted by Crippen LogP contribution is -2.37. The second-order valence-electron chi connectivity index (χ2n) is 5.30. The van der Waals surface area contributed by atoms with Gasteiger partial charge in [0, 0.05) is 12.2 Å². The largest absolute Gasteiger partial charge is 0.444 e. The molecule has 3 N–H and O–H groups in total. The maximum absolute atomic E-state index is 11.7. The monoisotopic (exact) mass is 285 g/mol. The summed E-state index contributed by atoms with van der Waals surface area (Å²) in [5, 5.41) is 3.10. The van der Waals surface area contributed by atoms with Gasteiger partial charge in [0.1, 0.15) is 10.8 Å². The molecule has 0 radical (unpaired) electrons. The topological polar surface area (TPSA) is 77.2 Å². The van der Waals surface area contributed by atoms with Crippen molar-refractivity contribution < 1.29 is 9.53 Å². The molecule has 19 heavy (non-hydrogen) atoms.